The Kier molecular flexibility index (Phi) is 9.38. The number of hydrazone groups is 1. The summed E-state index contributed by atoms with van der Waals surface area (Å²) in [7, 11) is 1.60. The second kappa shape index (κ2) is 12.5. The van der Waals surface area contributed by atoms with E-state index in [0.29, 0.717) is 29.7 Å². The summed E-state index contributed by atoms with van der Waals surface area (Å²) in [5.74, 6) is 1.81. The third kappa shape index (κ3) is 7.64. The van der Waals surface area contributed by atoms with Crippen molar-refractivity contribution < 1.29 is 19.0 Å². The summed E-state index contributed by atoms with van der Waals surface area (Å²) in [6.07, 6.45) is 1.81. The molecule has 0 fully saturated rings. The van der Waals surface area contributed by atoms with E-state index in [4.69, 9.17) is 25.8 Å². The van der Waals surface area contributed by atoms with Crippen molar-refractivity contribution in [1.82, 2.24) is 5.43 Å². The minimum absolute atomic E-state index is 0.209. The normalized spacial score (nSPS) is 10.8. The van der Waals surface area contributed by atoms with Crippen molar-refractivity contribution in [2.45, 2.75) is 20.0 Å². The van der Waals surface area contributed by atoms with Gasteiger partial charge in [-0.3, -0.25) is 4.79 Å². The van der Waals surface area contributed by atoms with Gasteiger partial charge < -0.3 is 14.2 Å². The smallest absolute Gasteiger partial charge is 0.244 e. The van der Waals surface area contributed by atoms with Gasteiger partial charge in [0.05, 0.1) is 29.9 Å². The summed E-state index contributed by atoms with van der Waals surface area (Å²) in [5.41, 5.74) is 5.22. The predicted octanol–water partition coefficient (Wildman–Crippen LogP) is 5.62. The van der Waals surface area contributed by atoms with Crippen molar-refractivity contribution >= 4 is 46.3 Å². The van der Waals surface area contributed by atoms with Gasteiger partial charge in [-0.1, -0.05) is 35.9 Å². The lowest BCUT2D eigenvalue weighted by atomic mass is 10.1. The molecular weight excluding hydrogens is 555 g/mol. The lowest BCUT2D eigenvalue weighted by Gasteiger charge is -2.15. The van der Waals surface area contributed by atoms with Gasteiger partial charge in [0.15, 0.2) is 11.5 Å². The Morgan fingerprint density at radius 1 is 1.06 bits per heavy atom. The van der Waals surface area contributed by atoms with Crippen LogP contribution in [0.2, 0.25) is 5.02 Å². The zero-order valence-corrected chi connectivity index (χ0v) is 21.2. The highest BCUT2D eigenvalue weighted by Crippen LogP contribution is 2.34. The maximum absolute atomic E-state index is 12.2. The van der Waals surface area contributed by atoms with Gasteiger partial charge in [-0.2, -0.15) is 5.10 Å². The number of hydrogen-bond donors (Lipinski definition) is 1. The number of nitrogens with one attached hydrogen (secondary N) is 1. The fraction of sp³-hybridized carbons (Fsp3) is 0.200. The molecule has 0 heterocycles. The molecule has 6 nitrogen and oxygen atoms in total. The monoisotopic (exact) mass is 578 g/mol. The van der Waals surface area contributed by atoms with Crippen LogP contribution in [0, 0.1) is 3.57 Å². The molecule has 0 aliphatic carbocycles. The largest absolute Gasteiger partial charge is 0.497 e. The topological polar surface area (TPSA) is 69.2 Å². The lowest BCUT2D eigenvalue weighted by Crippen LogP contribution is -2.19. The summed E-state index contributed by atoms with van der Waals surface area (Å²) in [6, 6.07) is 18.6. The fourth-order valence-corrected chi connectivity index (χ4v) is 3.86. The van der Waals surface area contributed by atoms with Gasteiger partial charge in [0.25, 0.3) is 0 Å². The van der Waals surface area contributed by atoms with Gasteiger partial charge in [-0.05, 0) is 82.6 Å². The highest BCUT2D eigenvalue weighted by molar-refractivity contribution is 14.1. The summed E-state index contributed by atoms with van der Waals surface area (Å²) in [6.45, 7) is 2.80. The van der Waals surface area contributed by atoms with Crippen molar-refractivity contribution in [1.29, 1.82) is 0 Å². The van der Waals surface area contributed by atoms with E-state index in [9.17, 15) is 4.79 Å². The molecule has 1 amide bonds. The van der Waals surface area contributed by atoms with E-state index in [0.717, 1.165) is 26.0 Å². The van der Waals surface area contributed by atoms with Crippen molar-refractivity contribution in [3.05, 3.63) is 85.9 Å². The first kappa shape index (κ1) is 24.9. The van der Waals surface area contributed by atoms with Crippen molar-refractivity contribution in [2.24, 2.45) is 5.10 Å². The molecule has 0 saturated carbocycles. The first-order chi connectivity index (χ1) is 16.0. The number of halogens is 2. The molecule has 0 spiro atoms. The number of carbonyl (C=O) groups is 1. The molecule has 3 aromatic rings. The van der Waals surface area contributed by atoms with E-state index in [-0.39, 0.29) is 12.3 Å². The fourth-order valence-electron chi connectivity index (χ4n) is 2.95. The Morgan fingerprint density at radius 3 is 2.42 bits per heavy atom. The van der Waals surface area contributed by atoms with Crippen LogP contribution in [-0.4, -0.2) is 25.8 Å². The zero-order valence-electron chi connectivity index (χ0n) is 18.3. The van der Waals surface area contributed by atoms with Gasteiger partial charge in [0.1, 0.15) is 12.4 Å². The number of benzene rings is 3. The molecule has 0 aliphatic heterocycles. The molecule has 172 valence electrons. The first-order valence-corrected chi connectivity index (χ1v) is 11.7. The van der Waals surface area contributed by atoms with Crippen LogP contribution >= 0.6 is 34.2 Å². The molecule has 0 radical (unpaired) electrons. The summed E-state index contributed by atoms with van der Waals surface area (Å²) in [5, 5.41) is 4.77. The molecule has 0 aromatic heterocycles. The minimum Gasteiger partial charge on any atom is -0.497 e. The van der Waals surface area contributed by atoms with Crippen molar-refractivity contribution in [2.75, 3.05) is 13.7 Å². The molecule has 0 atom stereocenters. The Morgan fingerprint density at radius 2 is 1.76 bits per heavy atom. The van der Waals surface area contributed by atoms with Crippen LogP contribution in [-0.2, 0) is 17.8 Å². The maximum Gasteiger partial charge on any atom is 0.244 e. The molecule has 33 heavy (non-hydrogen) atoms. The SMILES string of the molecule is CCOc1cc(/C=N\NC(=O)Cc2ccc(OC)cc2)cc(I)c1OCc1ccc(Cl)cc1. The van der Waals surface area contributed by atoms with Crippen LogP contribution in [0.3, 0.4) is 0 Å². The number of hydrogen-bond acceptors (Lipinski definition) is 5. The van der Waals surface area contributed by atoms with Crippen LogP contribution in [0.5, 0.6) is 17.2 Å². The van der Waals surface area contributed by atoms with Gasteiger partial charge in [-0.25, -0.2) is 5.43 Å². The van der Waals surface area contributed by atoms with Crippen molar-refractivity contribution in [3.8, 4) is 17.2 Å². The molecule has 3 rings (SSSR count). The van der Waals surface area contributed by atoms with E-state index >= 15 is 0 Å². The average Bonchev–Trinajstić information content (AvgIpc) is 2.80. The highest BCUT2D eigenvalue weighted by Gasteiger charge is 2.12. The molecule has 0 unspecified atom stereocenters. The molecule has 3 aromatic carbocycles. The Labute approximate surface area is 212 Å². The van der Waals surface area contributed by atoms with Crippen molar-refractivity contribution in [3.63, 3.8) is 0 Å². The van der Waals surface area contributed by atoms with Gasteiger partial charge in [0, 0.05) is 5.02 Å². The summed E-state index contributed by atoms with van der Waals surface area (Å²) < 4.78 is 17.8. The lowest BCUT2D eigenvalue weighted by molar-refractivity contribution is -0.120. The second-order valence-corrected chi connectivity index (χ2v) is 8.59. The molecule has 0 bridgehead atoms. The van der Waals surface area contributed by atoms with E-state index in [1.165, 1.54) is 0 Å². The number of methoxy groups -OCH3 is 1. The highest BCUT2D eigenvalue weighted by atomic mass is 127. The van der Waals surface area contributed by atoms with Gasteiger partial charge in [-0.15, -0.1) is 0 Å². The molecule has 1 N–H and O–H groups in total. The van der Waals surface area contributed by atoms with Crippen LogP contribution in [0.25, 0.3) is 0 Å². The minimum atomic E-state index is -0.209. The number of carbonyl (C=O) groups excluding carboxylic acids is 1. The Bertz CT molecular complexity index is 1100. The third-order valence-corrected chi connectivity index (χ3v) is 5.61. The molecule has 0 aliphatic rings. The first-order valence-electron chi connectivity index (χ1n) is 10.3. The van der Waals surface area contributed by atoms with E-state index in [2.05, 4.69) is 33.1 Å². The van der Waals surface area contributed by atoms with E-state index in [1.807, 2.05) is 67.6 Å². The quantitative estimate of drug-likeness (QED) is 0.193. The van der Waals surface area contributed by atoms with Crippen LogP contribution < -0.4 is 19.6 Å². The van der Waals surface area contributed by atoms with Crippen LogP contribution in [0.1, 0.15) is 23.6 Å². The second-order valence-electron chi connectivity index (χ2n) is 7.00. The summed E-state index contributed by atoms with van der Waals surface area (Å²) in [4.78, 5) is 12.2. The van der Waals surface area contributed by atoms with Crippen LogP contribution in [0.15, 0.2) is 65.8 Å². The van der Waals surface area contributed by atoms with E-state index < -0.39 is 0 Å². The summed E-state index contributed by atoms with van der Waals surface area (Å²) >= 11 is 8.15. The molecule has 8 heteroatoms. The molecular formula is C25H24ClIN2O4. The van der Waals surface area contributed by atoms with E-state index in [1.54, 1.807) is 13.3 Å². The standard InChI is InChI=1S/C25H24ClIN2O4/c1-3-32-23-13-19(12-22(27)25(23)33-16-18-4-8-20(26)9-5-18)15-28-29-24(30)14-17-6-10-21(31-2)11-7-17/h4-13,15H,3,14,16H2,1-2H3,(H,29,30)/b28-15-. The van der Waals surface area contributed by atoms with Gasteiger partial charge in [0.2, 0.25) is 5.91 Å². The average molecular weight is 579 g/mol. The number of amides is 1. The number of rotatable bonds is 10. The Hall–Kier alpha value is -2.78. The molecule has 0 saturated heterocycles. The Balaban J connectivity index is 1.63. The zero-order chi connectivity index (χ0) is 23.6. The number of nitrogens with zero attached hydrogens (tertiary/aromatic N) is 1. The maximum atomic E-state index is 12.2. The number of ether oxygens (including phenoxy) is 3. The van der Waals surface area contributed by atoms with Crippen LogP contribution in [0.4, 0.5) is 0 Å². The van der Waals surface area contributed by atoms with Gasteiger partial charge >= 0.3 is 0 Å². The third-order valence-electron chi connectivity index (χ3n) is 4.55. The predicted molar refractivity (Wildman–Crippen MR) is 139 cm³/mol.